The van der Waals surface area contributed by atoms with Gasteiger partial charge in [-0.2, -0.15) is 0 Å². The molecule has 0 radical (unpaired) electrons. The van der Waals surface area contributed by atoms with Gasteiger partial charge in [0.2, 0.25) is 0 Å². The van der Waals surface area contributed by atoms with Crippen LogP contribution in [0.5, 0.6) is 5.75 Å². The van der Waals surface area contributed by atoms with Crippen LogP contribution in [0.4, 0.5) is 4.79 Å². The SMILES string of the molecule is O=C(N[C@@H]1CCO[C@@H](c2ccccc2)C1)N[C@@H]1COc2ccccc21. The highest BCUT2D eigenvalue weighted by molar-refractivity contribution is 5.75. The van der Waals surface area contributed by atoms with Crippen LogP contribution in [0.2, 0.25) is 0 Å². The molecule has 2 aromatic carbocycles. The highest BCUT2D eigenvalue weighted by Crippen LogP contribution is 2.32. The topological polar surface area (TPSA) is 59.6 Å². The molecule has 0 unspecified atom stereocenters. The van der Waals surface area contributed by atoms with Crippen LogP contribution in [-0.2, 0) is 4.74 Å². The maximum Gasteiger partial charge on any atom is 0.315 e. The number of amides is 2. The van der Waals surface area contributed by atoms with Gasteiger partial charge >= 0.3 is 6.03 Å². The lowest BCUT2D eigenvalue weighted by Crippen LogP contribution is -2.46. The summed E-state index contributed by atoms with van der Waals surface area (Å²) < 4.78 is 11.5. The lowest BCUT2D eigenvalue weighted by molar-refractivity contribution is 0.00220. The Balaban J connectivity index is 1.34. The van der Waals surface area contributed by atoms with Crippen molar-refractivity contribution in [3.05, 3.63) is 65.7 Å². The molecule has 2 heterocycles. The molecule has 2 amide bonds. The van der Waals surface area contributed by atoms with Gasteiger partial charge in [-0.25, -0.2) is 4.79 Å². The van der Waals surface area contributed by atoms with Gasteiger partial charge in [-0.3, -0.25) is 0 Å². The molecule has 2 aromatic rings. The predicted molar refractivity (Wildman–Crippen MR) is 94.5 cm³/mol. The summed E-state index contributed by atoms with van der Waals surface area (Å²) in [6.07, 6.45) is 1.65. The average Bonchev–Trinajstić information content (AvgIpc) is 3.06. The molecule has 1 fully saturated rings. The van der Waals surface area contributed by atoms with Gasteiger partial charge in [-0.15, -0.1) is 0 Å². The van der Waals surface area contributed by atoms with E-state index in [-0.39, 0.29) is 24.2 Å². The summed E-state index contributed by atoms with van der Waals surface area (Å²) in [5, 5.41) is 6.11. The first-order chi connectivity index (χ1) is 12.3. The van der Waals surface area contributed by atoms with Gasteiger partial charge in [0.05, 0.1) is 12.1 Å². The third-order valence-electron chi connectivity index (χ3n) is 4.80. The molecule has 5 nitrogen and oxygen atoms in total. The smallest absolute Gasteiger partial charge is 0.315 e. The third-order valence-corrected chi connectivity index (χ3v) is 4.80. The van der Waals surface area contributed by atoms with E-state index in [1.165, 1.54) is 0 Å². The van der Waals surface area contributed by atoms with Gasteiger partial charge in [-0.1, -0.05) is 48.5 Å². The molecule has 25 heavy (non-hydrogen) atoms. The molecule has 0 aromatic heterocycles. The van der Waals surface area contributed by atoms with Crippen molar-refractivity contribution in [2.45, 2.75) is 31.0 Å². The van der Waals surface area contributed by atoms with Gasteiger partial charge in [0.25, 0.3) is 0 Å². The van der Waals surface area contributed by atoms with Gasteiger partial charge in [0.1, 0.15) is 12.4 Å². The Morgan fingerprint density at radius 2 is 1.80 bits per heavy atom. The van der Waals surface area contributed by atoms with E-state index in [1.54, 1.807) is 0 Å². The van der Waals surface area contributed by atoms with Crippen LogP contribution in [0.1, 0.15) is 36.1 Å². The van der Waals surface area contributed by atoms with Crippen molar-refractivity contribution in [3.8, 4) is 5.75 Å². The zero-order chi connectivity index (χ0) is 17.1. The van der Waals surface area contributed by atoms with Crippen molar-refractivity contribution in [2.75, 3.05) is 13.2 Å². The summed E-state index contributed by atoms with van der Waals surface area (Å²) in [6.45, 7) is 1.13. The van der Waals surface area contributed by atoms with Crippen molar-refractivity contribution < 1.29 is 14.3 Å². The Morgan fingerprint density at radius 1 is 1.00 bits per heavy atom. The predicted octanol–water partition coefficient (Wildman–Crippen LogP) is 3.34. The fourth-order valence-corrected chi connectivity index (χ4v) is 3.50. The van der Waals surface area contributed by atoms with Gasteiger partial charge in [0, 0.05) is 18.2 Å². The number of carbonyl (C=O) groups is 1. The second-order valence-corrected chi connectivity index (χ2v) is 6.51. The first-order valence-electron chi connectivity index (χ1n) is 8.75. The zero-order valence-corrected chi connectivity index (χ0v) is 14.0. The number of hydrogen-bond donors (Lipinski definition) is 2. The molecule has 2 N–H and O–H groups in total. The van der Waals surface area contributed by atoms with Crippen LogP contribution in [0.3, 0.4) is 0 Å². The molecule has 0 bridgehead atoms. The summed E-state index contributed by atoms with van der Waals surface area (Å²) in [7, 11) is 0. The van der Waals surface area contributed by atoms with Crippen molar-refractivity contribution >= 4 is 6.03 Å². The number of urea groups is 1. The minimum Gasteiger partial charge on any atom is -0.491 e. The van der Waals surface area contributed by atoms with Crippen LogP contribution >= 0.6 is 0 Å². The number of ether oxygens (including phenoxy) is 2. The maximum absolute atomic E-state index is 12.4. The number of para-hydroxylation sites is 1. The molecule has 0 aliphatic carbocycles. The minimum atomic E-state index is -0.149. The summed E-state index contributed by atoms with van der Waals surface area (Å²) in [6, 6.07) is 17.8. The number of carbonyl (C=O) groups excluding carboxylic acids is 1. The molecule has 4 rings (SSSR count). The van der Waals surface area contributed by atoms with Crippen LogP contribution < -0.4 is 15.4 Å². The van der Waals surface area contributed by atoms with E-state index >= 15 is 0 Å². The van der Waals surface area contributed by atoms with Gasteiger partial charge in [0.15, 0.2) is 0 Å². The number of nitrogens with one attached hydrogen (secondary N) is 2. The molecule has 0 saturated carbocycles. The first-order valence-corrected chi connectivity index (χ1v) is 8.75. The van der Waals surface area contributed by atoms with Crippen molar-refractivity contribution in [2.24, 2.45) is 0 Å². The van der Waals surface area contributed by atoms with Crippen LogP contribution in [0.15, 0.2) is 54.6 Å². The van der Waals surface area contributed by atoms with E-state index in [9.17, 15) is 4.79 Å². The second-order valence-electron chi connectivity index (χ2n) is 6.51. The highest BCUT2D eigenvalue weighted by Gasteiger charge is 2.28. The van der Waals surface area contributed by atoms with Crippen LogP contribution in [0.25, 0.3) is 0 Å². The lowest BCUT2D eigenvalue weighted by Gasteiger charge is -2.30. The van der Waals surface area contributed by atoms with E-state index in [0.29, 0.717) is 13.2 Å². The zero-order valence-electron chi connectivity index (χ0n) is 14.0. The number of rotatable bonds is 3. The molecule has 0 spiro atoms. The summed E-state index contributed by atoms with van der Waals surface area (Å²) in [4.78, 5) is 12.4. The van der Waals surface area contributed by atoms with E-state index in [0.717, 1.165) is 29.7 Å². The van der Waals surface area contributed by atoms with E-state index < -0.39 is 0 Å². The summed E-state index contributed by atoms with van der Waals surface area (Å²) >= 11 is 0. The molecule has 2 aliphatic heterocycles. The molecule has 130 valence electrons. The lowest BCUT2D eigenvalue weighted by atomic mass is 9.97. The van der Waals surface area contributed by atoms with E-state index in [4.69, 9.17) is 9.47 Å². The highest BCUT2D eigenvalue weighted by atomic mass is 16.5. The summed E-state index contributed by atoms with van der Waals surface area (Å²) in [5.74, 6) is 0.850. The molecule has 1 saturated heterocycles. The Morgan fingerprint density at radius 3 is 2.68 bits per heavy atom. The largest absolute Gasteiger partial charge is 0.491 e. The molecule has 5 heteroatoms. The first kappa shape index (κ1) is 16.0. The molecule has 3 atom stereocenters. The van der Waals surface area contributed by atoms with Gasteiger partial charge < -0.3 is 20.1 Å². The monoisotopic (exact) mass is 338 g/mol. The van der Waals surface area contributed by atoms with Crippen LogP contribution in [0, 0.1) is 0 Å². The van der Waals surface area contributed by atoms with Gasteiger partial charge in [-0.05, 0) is 24.5 Å². The Bertz CT molecular complexity index is 735. The fourth-order valence-electron chi connectivity index (χ4n) is 3.50. The van der Waals surface area contributed by atoms with E-state index in [1.807, 2.05) is 42.5 Å². The Hall–Kier alpha value is -2.53. The average molecular weight is 338 g/mol. The summed E-state index contributed by atoms with van der Waals surface area (Å²) in [5.41, 5.74) is 2.19. The van der Waals surface area contributed by atoms with Crippen molar-refractivity contribution in [1.82, 2.24) is 10.6 Å². The fraction of sp³-hybridized carbons (Fsp3) is 0.350. The van der Waals surface area contributed by atoms with E-state index in [2.05, 4.69) is 22.8 Å². The standard InChI is InChI=1S/C20H22N2O3/c23-20(22-17-13-25-18-9-5-4-8-16(17)18)21-15-10-11-24-19(12-15)14-6-2-1-3-7-14/h1-9,15,17,19H,10-13H2,(H2,21,22,23)/t15-,17-,19-/m1/s1. The number of benzene rings is 2. The number of hydrogen-bond acceptors (Lipinski definition) is 3. The molecular weight excluding hydrogens is 316 g/mol. The molecule has 2 aliphatic rings. The number of fused-ring (bicyclic) bond motifs is 1. The second kappa shape index (κ2) is 7.15. The third kappa shape index (κ3) is 3.61. The quantitative estimate of drug-likeness (QED) is 0.902. The van der Waals surface area contributed by atoms with Crippen LogP contribution in [-0.4, -0.2) is 25.3 Å². The maximum atomic E-state index is 12.4. The Labute approximate surface area is 147 Å². The van der Waals surface area contributed by atoms with Crippen molar-refractivity contribution in [1.29, 1.82) is 0 Å². The minimum absolute atomic E-state index is 0.0378. The Kier molecular flexibility index (Phi) is 4.57. The normalized spacial score (nSPS) is 24.9. The van der Waals surface area contributed by atoms with Crippen molar-refractivity contribution in [3.63, 3.8) is 0 Å². The molecular formula is C20H22N2O3.